The van der Waals surface area contributed by atoms with Crippen molar-refractivity contribution >= 4 is 17.9 Å². The number of rotatable bonds is 52. The van der Waals surface area contributed by atoms with E-state index in [2.05, 4.69) is 69.4 Å². The van der Waals surface area contributed by atoms with Crippen LogP contribution < -0.4 is 0 Å². The number of hydrogen-bond donors (Lipinski definition) is 0. The van der Waals surface area contributed by atoms with Crippen molar-refractivity contribution in [3.05, 3.63) is 48.6 Å². The van der Waals surface area contributed by atoms with E-state index in [1.165, 1.54) is 161 Å². The van der Waals surface area contributed by atoms with E-state index < -0.39 is 6.10 Å². The third kappa shape index (κ3) is 52.3. The SMILES string of the molecule is CC/C=C\C/C=C\C/C=C\CCCCCCCC(=O)OC[C@H](COC(=O)CCCCCCCCC/C=C\CCCCCCCC)OC(=O)CCCCCCCCCCCCCCCCCC. The fraction of sp³-hybridized carbons (Fsp3) is 0.817. The summed E-state index contributed by atoms with van der Waals surface area (Å²) < 4.78 is 16.9. The molecule has 0 aliphatic heterocycles. The number of ether oxygens (including phenoxy) is 3. The van der Waals surface area contributed by atoms with E-state index in [1.807, 2.05) is 0 Å². The quantitative estimate of drug-likeness (QED) is 0.0262. The smallest absolute Gasteiger partial charge is 0.306 e. The average molecular weight is 926 g/mol. The molecule has 0 N–H and O–H groups in total. The van der Waals surface area contributed by atoms with Gasteiger partial charge in [0, 0.05) is 19.3 Å². The molecule has 0 unspecified atom stereocenters. The number of allylic oxidation sites excluding steroid dienone is 8. The van der Waals surface area contributed by atoms with Crippen LogP contribution in [0.4, 0.5) is 0 Å². The standard InChI is InChI=1S/C60H108O6/c1-4-7-10-13-16-19-22-25-28-30-33-35-38-41-44-47-50-53-59(62)65-56-57(55-64-58(61)52-49-46-43-40-37-34-31-27-24-21-18-15-12-9-6-3)66-60(63)54-51-48-45-42-39-36-32-29-26-23-20-17-14-11-8-5-2/h9,12,18,21,25,27-28,31,57H,4-8,10-11,13-17,19-20,22-24,26,29-30,32-56H2,1-3H3/b12-9-,21-18-,28-25-,31-27-/t57-/m1/s1. The second-order valence-electron chi connectivity index (χ2n) is 19.2. The largest absolute Gasteiger partial charge is 0.462 e. The molecular weight excluding hydrogens is 817 g/mol. The second kappa shape index (κ2) is 55.0. The third-order valence-corrected chi connectivity index (χ3v) is 12.6. The minimum absolute atomic E-state index is 0.0781. The summed E-state index contributed by atoms with van der Waals surface area (Å²) in [6, 6.07) is 0. The van der Waals surface area contributed by atoms with Crippen LogP contribution >= 0.6 is 0 Å². The van der Waals surface area contributed by atoms with Crippen molar-refractivity contribution in [1.29, 1.82) is 0 Å². The topological polar surface area (TPSA) is 78.9 Å². The van der Waals surface area contributed by atoms with E-state index in [9.17, 15) is 14.4 Å². The Morgan fingerprint density at radius 1 is 0.318 bits per heavy atom. The molecule has 0 fully saturated rings. The van der Waals surface area contributed by atoms with Crippen LogP contribution in [0, 0.1) is 0 Å². The summed E-state index contributed by atoms with van der Waals surface area (Å²) in [6.07, 6.45) is 66.7. The Morgan fingerprint density at radius 3 is 0.939 bits per heavy atom. The lowest BCUT2D eigenvalue weighted by Gasteiger charge is -2.18. The van der Waals surface area contributed by atoms with Crippen molar-refractivity contribution in [1.82, 2.24) is 0 Å². The zero-order valence-corrected chi connectivity index (χ0v) is 44.0. The minimum Gasteiger partial charge on any atom is -0.462 e. The van der Waals surface area contributed by atoms with Crippen LogP contribution in [-0.4, -0.2) is 37.2 Å². The Labute approximate surface area is 409 Å². The lowest BCUT2D eigenvalue weighted by Crippen LogP contribution is -2.30. The molecule has 0 saturated heterocycles. The molecule has 0 radical (unpaired) electrons. The molecule has 1 atom stereocenters. The van der Waals surface area contributed by atoms with Crippen LogP contribution in [0.25, 0.3) is 0 Å². The summed E-state index contributed by atoms with van der Waals surface area (Å²) in [4.78, 5) is 38.1. The maximum absolute atomic E-state index is 12.8. The van der Waals surface area contributed by atoms with Crippen molar-refractivity contribution in [2.45, 2.75) is 303 Å². The Hall–Kier alpha value is -2.63. The van der Waals surface area contributed by atoms with Gasteiger partial charge >= 0.3 is 17.9 Å². The molecular formula is C60H108O6. The zero-order chi connectivity index (χ0) is 47.9. The van der Waals surface area contributed by atoms with Gasteiger partial charge in [0.2, 0.25) is 0 Å². The van der Waals surface area contributed by atoms with E-state index in [0.29, 0.717) is 19.3 Å². The monoisotopic (exact) mass is 925 g/mol. The summed E-state index contributed by atoms with van der Waals surface area (Å²) >= 11 is 0. The summed E-state index contributed by atoms with van der Waals surface area (Å²) in [7, 11) is 0. The predicted molar refractivity (Wildman–Crippen MR) is 284 cm³/mol. The molecule has 0 amide bonds. The van der Waals surface area contributed by atoms with Crippen LogP contribution in [0.15, 0.2) is 48.6 Å². The highest BCUT2D eigenvalue weighted by atomic mass is 16.6. The van der Waals surface area contributed by atoms with Crippen molar-refractivity contribution in [2.24, 2.45) is 0 Å². The minimum atomic E-state index is -0.779. The Kier molecular flexibility index (Phi) is 52.8. The van der Waals surface area contributed by atoms with E-state index in [4.69, 9.17) is 14.2 Å². The first-order valence-corrected chi connectivity index (χ1v) is 28.6. The van der Waals surface area contributed by atoms with Gasteiger partial charge in [-0.05, 0) is 77.0 Å². The van der Waals surface area contributed by atoms with Gasteiger partial charge in [-0.15, -0.1) is 0 Å². The molecule has 0 saturated carbocycles. The maximum Gasteiger partial charge on any atom is 0.306 e. The molecule has 0 bridgehead atoms. The first kappa shape index (κ1) is 63.4. The highest BCUT2D eigenvalue weighted by molar-refractivity contribution is 5.71. The van der Waals surface area contributed by atoms with E-state index >= 15 is 0 Å². The van der Waals surface area contributed by atoms with Gasteiger partial charge in [-0.25, -0.2) is 0 Å². The van der Waals surface area contributed by atoms with Crippen LogP contribution in [0.5, 0.6) is 0 Å². The first-order chi connectivity index (χ1) is 32.5. The van der Waals surface area contributed by atoms with E-state index in [1.54, 1.807) is 0 Å². The third-order valence-electron chi connectivity index (χ3n) is 12.6. The highest BCUT2D eigenvalue weighted by Gasteiger charge is 2.19. The number of hydrogen-bond acceptors (Lipinski definition) is 6. The molecule has 0 rings (SSSR count). The Morgan fingerprint density at radius 2 is 0.591 bits per heavy atom. The molecule has 66 heavy (non-hydrogen) atoms. The fourth-order valence-corrected chi connectivity index (χ4v) is 8.28. The Bertz CT molecular complexity index is 1150. The first-order valence-electron chi connectivity index (χ1n) is 28.6. The normalized spacial score (nSPS) is 12.3. The molecule has 0 aromatic heterocycles. The van der Waals surface area contributed by atoms with Gasteiger partial charge in [-0.1, -0.05) is 249 Å². The van der Waals surface area contributed by atoms with Crippen molar-refractivity contribution in [3.63, 3.8) is 0 Å². The maximum atomic E-state index is 12.8. The van der Waals surface area contributed by atoms with Crippen molar-refractivity contribution in [3.8, 4) is 0 Å². The van der Waals surface area contributed by atoms with Gasteiger partial charge in [-0.3, -0.25) is 14.4 Å². The van der Waals surface area contributed by atoms with Crippen LogP contribution in [-0.2, 0) is 28.6 Å². The number of carbonyl (C=O) groups is 3. The fourth-order valence-electron chi connectivity index (χ4n) is 8.28. The van der Waals surface area contributed by atoms with Crippen molar-refractivity contribution in [2.75, 3.05) is 13.2 Å². The predicted octanol–water partition coefficient (Wildman–Crippen LogP) is 19.0. The average Bonchev–Trinajstić information content (AvgIpc) is 3.31. The molecule has 0 aliphatic carbocycles. The molecule has 0 heterocycles. The molecule has 6 heteroatoms. The molecule has 384 valence electrons. The summed E-state index contributed by atoms with van der Waals surface area (Å²) in [5.74, 6) is -0.884. The Balaban J connectivity index is 4.37. The lowest BCUT2D eigenvalue weighted by atomic mass is 10.0. The number of unbranched alkanes of at least 4 members (excludes halogenated alkanes) is 33. The van der Waals surface area contributed by atoms with Crippen molar-refractivity contribution < 1.29 is 28.6 Å². The molecule has 0 aliphatic rings. The van der Waals surface area contributed by atoms with Gasteiger partial charge in [0.1, 0.15) is 13.2 Å². The lowest BCUT2D eigenvalue weighted by molar-refractivity contribution is -0.167. The van der Waals surface area contributed by atoms with Crippen LogP contribution in [0.3, 0.4) is 0 Å². The van der Waals surface area contributed by atoms with Gasteiger partial charge in [0.05, 0.1) is 0 Å². The number of carbonyl (C=O) groups excluding carboxylic acids is 3. The summed E-state index contributed by atoms with van der Waals surface area (Å²) in [5, 5.41) is 0. The van der Waals surface area contributed by atoms with Gasteiger partial charge in [0.25, 0.3) is 0 Å². The molecule has 0 spiro atoms. The second-order valence-corrected chi connectivity index (χ2v) is 19.2. The van der Waals surface area contributed by atoms with E-state index in [-0.39, 0.29) is 31.1 Å². The van der Waals surface area contributed by atoms with Gasteiger partial charge in [-0.2, -0.15) is 0 Å². The molecule has 0 aromatic rings. The molecule has 6 nitrogen and oxygen atoms in total. The van der Waals surface area contributed by atoms with Crippen LogP contribution in [0.2, 0.25) is 0 Å². The van der Waals surface area contributed by atoms with Gasteiger partial charge < -0.3 is 14.2 Å². The number of esters is 3. The summed E-state index contributed by atoms with van der Waals surface area (Å²) in [6.45, 7) is 6.54. The zero-order valence-electron chi connectivity index (χ0n) is 44.0. The molecule has 0 aromatic carbocycles. The summed E-state index contributed by atoms with van der Waals surface area (Å²) in [5.41, 5.74) is 0. The highest BCUT2D eigenvalue weighted by Crippen LogP contribution is 2.16. The van der Waals surface area contributed by atoms with Crippen LogP contribution in [0.1, 0.15) is 297 Å². The van der Waals surface area contributed by atoms with E-state index in [0.717, 1.165) is 96.3 Å². The van der Waals surface area contributed by atoms with Gasteiger partial charge in [0.15, 0.2) is 6.10 Å².